The van der Waals surface area contributed by atoms with Crippen molar-refractivity contribution < 1.29 is 4.74 Å². The Kier molecular flexibility index (Phi) is 5.54. The van der Waals surface area contributed by atoms with E-state index in [1.165, 1.54) is 0 Å². The molecule has 0 aliphatic heterocycles. The number of nitrogens with one attached hydrogen (secondary N) is 1. The van der Waals surface area contributed by atoms with Gasteiger partial charge in [0.25, 0.3) is 0 Å². The van der Waals surface area contributed by atoms with Crippen LogP contribution in [0.4, 0.5) is 5.69 Å². The molecule has 1 unspecified atom stereocenters. The number of rotatable bonds is 6. The van der Waals surface area contributed by atoms with E-state index in [2.05, 4.69) is 17.5 Å². The minimum Gasteiger partial charge on any atom is -0.380 e. The summed E-state index contributed by atoms with van der Waals surface area (Å²) in [5.41, 5.74) is 2.54. The lowest BCUT2D eigenvalue weighted by atomic mass is 10.1. The molecule has 0 saturated carbocycles. The van der Waals surface area contributed by atoms with Crippen LogP contribution < -0.4 is 5.32 Å². The Morgan fingerprint density at radius 3 is 2.18 bits per heavy atom. The van der Waals surface area contributed by atoms with Gasteiger partial charge in [-0.1, -0.05) is 36.4 Å². The topological polar surface area (TPSA) is 68.8 Å². The Bertz CT molecular complexity index is 666. The van der Waals surface area contributed by atoms with Crippen molar-refractivity contribution in [3.8, 4) is 12.1 Å². The second-order valence-electron chi connectivity index (χ2n) is 4.69. The molecule has 0 aromatic heterocycles. The Labute approximate surface area is 130 Å². The summed E-state index contributed by atoms with van der Waals surface area (Å²) < 4.78 is 5.77. The largest absolute Gasteiger partial charge is 0.380 e. The summed E-state index contributed by atoms with van der Waals surface area (Å²) in [5, 5.41) is 21.6. The van der Waals surface area contributed by atoms with Crippen molar-refractivity contribution in [2.45, 2.75) is 13.0 Å². The SMILES string of the molecule is CCOC(CNc1c(C#N)cccc1C#N)c1ccccc1. The van der Waals surface area contributed by atoms with Gasteiger partial charge in [-0.2, -0.15) is 10.5 Å². The first-order valence-electron chi connectivity index (χ1n) is 7.13. The highest BCUT2D eigenvalue weighted by Crippen LogP contribution is 2.23. The molecule has 2 aromatic rings. The normalized spacial score (nSPS) is 11.2. The van der Waals surface area contributed by atoms with E-state index in [0.29, 0.717) is 30.0 Å². The number of ether oxygens (including phenoxy) is 1. The van der Waals surface area contributed by atoms with Crippen LogP contribution in [-0.4, -0.2) is 13.2 Å². The van der Waals surface area contributed by atoms with Crippen molar-refractivity contribution in [2.24, 2.45) is 0 Å². The van der Waals surface area contributed by atoms with Gasteiger partial charge >= 0.3 is 0 Å². The molecule has 0 fully saturated rings. The van der Waals surface area contributed by atoms with Crippen molar-refractivity contribution in [1.82, 2.24) is 0 Å². The molecule has 110 valence electrons. The van der Waals surface area contributed by atoms with E-state index >= 15 is 0 Å². The Hall–Kier alpha value is -2.82. The van der Waals surface area contributed by atoms with Gasteiger partial charge in [0, 0.05) is 13.2 Å². The van der Waals surface area contributed by atoms with Crippen LogP contribution in [0.5, 0.6) is 0 Å². The lowest BCUT2D eigenvalue weighted by Crippen LogP contribution is -2.17. The molecule has 2 rings (SSSR count). The fourth-order valence-corrected chi connectivity index (χ4v) is 2.27. The lowest BCUT2D eigenvalue weighted by Gasteiger charge is -2.19. The summed E-state index contributed by atoms with van der Waals surface area (Å²) in [5.74, 6) is 0. The van der Waals surface area contributed by atoms with Crippen molar-refractivity contribution in [3.63, 3.8) is 0 Å². The van der Waals surface area contributed by atoms with Crippen LogP contribution in [-0.2, 0) is 4.74 Å². The van der Waals surface area contributed by atoms with Crippen LogP contribution in [0.2, 0.25) is 0 Å². The summed E-state index contributed by atoms with van der Waals surface area (Å²) >= 11 is 0. The monoisotopic (exact) mass is 291 g/mol. The molecule has 1 atom stereocenters. The van der Waals surface area contributed by atoms with Crippen LogP contribution in [0.25, 0.3) is 0 Å². The molecule has 0 heterocycles. The minimum atomic E-state index is -0.135. The number of para-hydroxylation sites is 1. The smallest absolute Gasteiger partial charge is 0.101 e. The molecule has 0 aliphatic rings. The van der Waals surface area contributed by atoms with Gasteiger partial charge in [0.1, 0.15) is 12.1 Å². The van der Waals surface area contributed by atoms with E-state index in [-0.39, 0.29) is 6.10 Å². The highest BCUT2D eigenvalue weighted by atomic mass is 16.5. The standard InChI is InChI=1S/C18H17N3O/c1-2-22-17(14-7-4-3-5-8-14)13-21-18-15(11-19)9-6-10-16(18)12-20/h3-10,17,21H,2,13H2,1H3. The average Bonchev–Trinajstić information content (AvgIpc) is 2.59. The summed E-state index contributed by atoms with van der Waals surface area (Å²) in [6, 6.07) is 19.2. The number of hydrogen-bond acceptors (Lipinski definition) is 4. The average molecular weight is 291 g/mol. The van der Waals surface area contributed by atoms with E-state index in [4.69, 9.17) is 4.74 Å². The highest BCUT2D eigenvalue weighted by molar-refractivity contribution is 5.66. The maximum absolute atomic E-state index is 9.19. The van der Waals surface area contributed by atoms with Crippen LogP contribution in [0.1, 0.15) is 29.7 Å². The van der Waals surface area contributed by atoms with Crippen LogP contribution in [0, 0.1) is 22.7 Å². The van der Waals surface area contributed by atoms with E-state index in [1.807, 2.05) is 37.3 Å². The highest BCUT2D eigenvalue weighted by Gasteiger charge is 2.14. The quantitative estimate of drug-likeness (QED) is 0.882. The van der Waals surface area contributed by atoms with E-state index in [0.717, 1.165) is 5.56 Å². The van der Waals surface area contributed by atoms with Gasteiger partial charge in [-0.25, -0.2) is 0 Å². The predicted octanol–water partition coefficient (Wildman–Crippen LogP) is 3.62. The molecular weight excluding hydrogens is 274 g/mol. The Morgan fingerprint density at radius 1 is 1.00 bits per heavy atom. The molecule has 0 saturated heterocycles. The first-order chi connectivity index (χ1) is 10.8. The Balaban J connectivity index is 2.21. The summed E-state index contributed by atoms with van der Waals surface area (Å²) in [4.78, 5) is 0. The number of nitrogens with zero attached hydrogens (tertiary/aromatic N) is 2. The molecule has 4 nitrogen and oxygen atoms in total. The molecule has 0 spiro atoms. The van der Waals surface area contributed by atoms with Gasteiger partial charge in [0.05, 0.1) is 22.9 Å². The summed E-state index contributed by atoms with van der Waals surface area (Å²) in [6.45, 7) is 3.03. The molecular formula is C18H17N3O. The van der Waals surface area contributed by atoms with Gasteiger partial charge in [-0.15, -0.1) is 0 Å². The van der Waals surface area contributed by atoms with Crippen LogP contribution in [0.3, 0.4) is 0 Å². The minimum absolute atomic E-state index is 0.135. The Morgan fingerprint density at radius 2 is 1.64 bits per heavy atom. The second kappa shape index (κ2) is 7.83. The van der Waals surface area contributed by atoms with Crippen molar-refractivity contribution in [1.29, 1.82) is 10.5 Å². The fourth-order valence-electron chi connectivity index (χ4n) is 2.27. The molecule has 2 aromatic carbocycles. The zero-order chi connectivity index (χ0) is 15.8. The predicted molar refractivity (Wildman–Crippen MR) is 85.2 cm³/mol. The van der Waals surface area contributed by atoms with Gasteiger partial charge < -0.3 is 10.1 Å². The zero-order valence-corrected chi connectivity index (χ0v) is 12.4. The van der Waals surface area contributed by atoms with Crippen molar-refractivity contribution in [3.05, 3.63) is 65.2 Å². The molecule has 0 radical (unpaired) electrons. The lowest BCUT2D eigenvalue weighted by molar-refractivity contribution is 0.0719. The molecule has 0 amide bonds. The van der Waals surface area contributed by atoms with E-state index in [1.54, 1.807) is 18.2 Å². The first kappa shape index (κ1) is 15.6. The number of hydrogen-bond donors (Lipinski definition) is 1. The fraction of sp³-hybridized carbons (Fsp3) is 0.222. The van der Waals surface area contributed by atoms with E-state index < -0.39 is 0 Å². The van der Waals surface area contributed by atoms with Gasteiger partial charge in [0.2, 0.25) is 0 Å². The van der Waals surface area contributed by atoms with Crippen molar-refractivity contribution >= 4 is 5.69 Å². The van der Waals surface area contributed by atoms with E-state index in [9.17, 15) is 10.5 Å². The number of nitriles is 2. The third-order valence-electron chi connectivity index (χ3n) is 3.31. The second-order valence-corrected chi connectivity index (χ2v) is 4.69. The molecule has 0 aliphatic carbocycles. The summed E-state index contributed by atoms with van der Waals surface area (Å²) in [7, 11) is 0. The third-order valence-corrected chi connectivity index (χ3v) is 3.31. The first-order valence-corrected chi connectivity index (χ1v) is 7.13. The molecule has 0 bridgehead atoms. The van der Waals surface area contributed by atoms with Gasteiger partial charge in [0.15, 0.2) is 0 Å². The van der Waals surface area contributed by atoms with Crippen molar-refractivity contribution in [2.75, 3.05) is 18.5 Å². The molecule has 1 N–H and O–H groups in total. The van der Waals surface area contributed by atoms with Gasteiger partial charge in [-0.05, 0) is 24.6 Å². The maximum atomic E-state index is 9.19. The summed E-state index contributed by atoms with van der Waals surface area (Å²) in [6.07, 6.45) is -0.135. The van der Waals surface area contributed by atoms with Crippen LogP contribution in [0.15, 0.2) is 48.5 Å². The van der Waals surface area contributed by atoms with Gasteiger partial charge in [-0.3, -0.25) is 0 Å². The maximum Gasteiger partial charge on any atom is 0.101 e. The third kappa shape index (κ3) is 3.63. The number of anilines is 1. The zero-order valence-electron chi connectivity index (χ0n) is 12.4. The number of benzene rings is 2. The molecule has 4 heteroatoms. The van der Waals surface area contributed by atoms with Crippen LogP contribution >= 0.6 is 0 Å². The molecule has 22 heavy (non-hydrogen) atoms.